The Morgan fingerprint density at radius 3 is 2.52 bits per heavy atom. The van der Waals surface area contributed by atoms with Gasteiger partial charge in [-0.15, -0.1) is 0 Å². The van der Waals surface area contributed by atoms with Crippen molar-refractivity contribution in [2.45, 2.75) is 18.9 Å². The van der Waals surface area contributed by atoms with E-state index in [2.05, 4.69) is 29.2 Å². The van der Waals surface area contributed by atoms with Crippen LogP contribution in [0.3, 0.4) is 0 Å². The number of likely N-dealkylation sites (tertiary alicyclic amines) is 1. The Hall–Kier alpha value is -0.970. The molecule has 1 saturated heterocycles. The molecule has 1 fully saturated rings. The molecular weight excluding hydrogens is 265 g/mol. The number of hydrogen-bond donors (Lipinski definition) is 1. The molecule has 1 unspecified atom stereocenters. The SMILES string of the molecule is CNC(CN1CCC(CN(C)C)CC1)c1ccccc1F. The van der Waals surface area contributed by atoms with Crippen molar-refractivity contribution in [1.82, 2.24) is 15.1 Å². The zero-order valence-corrected chi connectivity index (χ0v) is 13.5. The van der Waals surface area contributed by atoms with E-state index in [-0.39, 0.29) is 11.9 Å². The third-order valence-corrected chi connectivity index (χ3v) is 4.40. The van der Waals surface area contributed by atoms with E-state index < -0.39 is 0 Å². The molecule has 0 aliphatic carbocycles. The predicted octanol–water partition coefficient (Wildman–Crippen LogP) is 2.36. The van der Waals surface area contributed by atoms with Crippen molar-refractivity contribution >= 4 is 0 Å². The second-order valence-corrected chi connectivity index (χ2v) is 6.37. The molecule has 0 spiro atoms. The van der Waals surface area contributed by atoms with E-state index in [1.165, 1.54) is 19.4 Å². The molecular formula is C17H28FN3. The molecule has 21 heavy (non-hydrogen) atoms. The van der Waals surface area contributed by atoms with Crippen LogP contribution < -0.4 is 5.32 Å². The molecule has 118 valence electrons. The summed E-state index contributed by atoms with van der Waals surface area (Å²) in [6, 6.07) is 7.15. The Bertz CT molecular complexity index is 428. The fourth-order valence-electron chi connectivity index (χ4n) is 3.23. The molecule has 3 nitrogen and oxygen atoms in total. The van der Waals surface area contributed by atoms with Crippen molar-refractivity contribution in [3.05, 3.63) is 35.6 Å². The zero-order valence-electron chi connectivity index (χ0n) is 13.5. The lowest BCUT2D eigenvalue weighted by molar-refractivity contribution is 0.151. The number of nitrogens with zero attached hydrogens (tertiary/aromatic N) is 2. The first-order chi connectivity index (χ1) is 10.1. The van der Waals surface area contributed by atoms with E-state index in [9.17, 15) is 4.39 Å². The number of benzene rings is 1. The van der Waals surface area contributed by atoms with Crippen LogP contribution in [-0.4, -0.2) is 57.1 Å². The van der Waals surface area contributed by atoms with Crippen LogP contribution in [0.5, 0.6) is 0 Å². The molecule has 1 aliphatic heterocycles. The van der Waals surface area contributed by atoms with Crippen molar-refractivity contribution in [3.63, 3.8) is 0 Å². The molecule has 1 aliphatic rings. The second-order valence-electron chi connectivity index (χ2n) is 6.37. The van der Waals surface area contributed by atoms with Crippen LogP contribution in [0.1, 0.15) is 24.4 Å². The minimum absolute atomic E-state index is 0.0663. The highest BCUT2D eigenvalue weighted by atomic mass is 19.1. The normalized spacial score (nSPS) is 19.1. The third kappa shape index (κ3) is 4.77. The highest BCUT2D eigenvalue weighted by molar-refractivity contribution is 5.21. The van der Waals surface area contributed by atoms with Gasteiger partial charge in [0.1, 0.15) is 5.82 Å². The highest BCUT2D eigenvalue weighted by Gasteiger charge is 2.23. The molecule has 1 aromatic carbocycles. The van der Waals surface area contributed by atoms with Gasteiger partial charge >= 0.3 is 0 Å². The summed E-state index contributed by atoms with van der Waals surface area (Å²) in [5.41, 5.74) is 0.774. The van der Waals surface area contributed by atoms with Gasteiger partial charge in [-0.3, -0.25) is 0 Å². The van der Waals surface area contributed by atoms with E-state index in [1.807, 2.05) is 19.2 Å². The van der Waals surface area contributed by atoms with Crippen LogP contribution in [0, 0.1) is 11.7 Å². The molecule has 1 atom stereocenters. The largest absolute Gasteiger partial charge is 0.312 e. The molecule has 1 N–H and O–H groups in total. The Morgan fingerprint density at radius 2 is 1.95 bits per heavy atom. The molecule has 1 aromatic rings. The molecule has 0 amide bonds. The third-order valence-electron chi connectivity index (χ3n) is 4.40. The topological polar surface area (TPSA) is 18.5 Å². The predicted molar refractivity (Wildman–Crippen MR) is 85.9 cm³/mol. The number of hydrogen-bond acceptors (Lipinski definition) is 3. The average molecular weight is 293 g/mol. The van der Waals surface area contributed by atoms with Crippen LogP contribution in [0.2, 0.25) is 0 Å². The Kier molecular flexibility index (Phi) is 6.15. The molecule has 0 aromatic heterocycles. The fraction of sp³-hybridized carbons (Fsp3) is 0.647. The highest BCUT2D eigenvalue weighted by Crippen LogP contribution is 2.22. The monoisotopic (exact) mass is 293 g/mol. The minimum atomic E-state index is -0.112. The molecule has 1 heterocycles. The van der Waals surface area contributed by atoms with Gasteiger partial charge in [-0.25, -0.2) is 4.39 Å². The number of nitrogens with one attached hydrogen (secondary N) is 1. The fourth-order valence-corrected chi connectivity index (χ4v) is 3.23. The first-order valence-corrected chi connectivity index (χ1v) is 7.89. The average Bonchev–Trinajstić information content (AvgIpc) is 2.47. The van der Waals surface area contributed by atoms with E-state index >= 15 is 0 Å². The quantitative estimate of drug-likeness (QED) is 0.868. The van der Waals surface area contributed by atoms with Crippen LogP contribution in [-0.2, 0) is 0 Å². The van der Waals surface area contributed by atoms with E-state index in [0.29, 0.717) is 0 Å². The summed E-state index contributed by atoms with van der Waals surface area (Å²) < 4.78 is 13.9. The summed E-state index contributed by atoms with van der Waals surface area (Å²) >= 11 is 0. The van der Waals surface area contributed by atoms with Crippen LogP contribution in [0.25, 0.3) is 0 Å². The maximum Gasteiger partial charge on any atom is 0.128 e. The molecule has 2 rings (SSSR count). The molecule has 0 saturated carbocycles. The zero-order chi connectivity index (χ0) is 15.2. The Morgan fingerprint density at radius 1 is 1.29 bits per heavy atom. The summed E-state index contributed by atoms with van der Waals surface area (Å²) in [5.74, 6) is 0.692. The molecule has 4 heteroatoms. The van der Waals surface area contributed by atoms with Crippen LogP contribution in [0.4, 0.5) is 4.39 Å². The van der Waals surface area contributed by atoms with E-state index in [4.69, 9.17) is 0 Å². The van der Waals surface area contributed by atoms with Gasteiger partial charge in [0.05, 0.1) is 0 Å². The summed E-state index contributed by atoms with van der Waals surface area (Å²) in [4.78, 5) is 4.73. The van der Waals surface area contributed by atoms with Crippen molar-refractivity contribution in [3.8, 4) is 0 Å². The maximum atomic E-state index is 13.9. The molecule has 0 radical (unpaired) electrons. The van der Waals surface area contributed by atoms with Gasteiger partial charge in [0.15, 0.2) is 0 Å². The first-order valence-electron chi connectivity index (χ1n) is 7.89. The minimum Gasteiger partial charge on any atom is -0.312 e. The van der Waals surface area contributed by atoms with Gasteiger partial charge in [0.25, 0.3) is 0 Å². The number of halogens is 1. The summed E-state index contributed by atoms with van der Waals surface area (Å²) in [7, 11) is 6.19. The number of piperidine rings is 1. The van der Waals surface area contributed by atoms with Crippen LogP contribution in [0.15, 0.2) is 24.3 Å². The smallest absolute Gasteiger partial charge is 0.128 e. The number of rotatable bonds is 6. The van der Waals surface area contributed by atoms with E-state index in [0.717, 1.165) is 31.1 Å². The lowest BCUT2D eigenvalue weighted by Gasteiger charge is -2.35. The van der Waals surface area contributed by atoms with Gasteiger partial charge in [0, 0.05) is 24.7 Å². The van der Waals surface area contributed by atoms with Gasteiger partial charge in [-0.2, -0.15) is 0 Å². The Labute approximate surface area is 128 Å². The van der Waals surface area contributed by atoms with Gasteiger partial charge in [-0.1, -0.05) is 18.2 Å². The van der Waals surface area contributed by atoms with Crippen molar-refractivity contribution in [2.24, 2.45) is 5.92 Å². The van der Waals surface area contributed by atoms with Crippen molar-refractivity contribution in [2.75, 3.05) is 47.3 Å². The maximum absolute atomic E-state index is 13.9. The van der Waals surface area contributed by atoms with Gasteiger partial charge in [0.2, 0.25) is 0 Å². The van der Waals surface area contributed by atoms with Crippen molar-refractivity contribution in [1.29, 1.82) is 0 Å². The van der Waals surface area contributed by atoms with Crippen molar-refractivity contribution < 1.29 is 4.39 Å². The standard InChI is InChI=1S/C17H28FN3/c1-19-17(15-6-4-5-7-16(15)18)13-21-10-8-14(9-11-21)12-20(2)3/h4-7,14,17,19H,8-13H2,1-3H3. The van der Waals surface area contributed by atoms with E-state index in [1.54, 1.807) is 12.1 Å². The Balaban J connectivity index is 1.88. The lowest BCUT2D eigenvalue weighted by atomic mass is 9.95. The molecule has 0 bridgehead atoms. The summed E-state index contributed by atoms with van der Waals surface area (Å²) in [6.07, 6.45) is 2.48. The second kappa shape index (κ2) is 7.87. The van der Waals surface area contributed by atoms with Gasteiger partial charge < -0.3 is 15.1 Å². The summed E-state index contributed by atoms with van der Waals surface area (Å²) in [5, 5.41) is 3.26. The van der Waals surface area contributed by atoms with Gasteiger partial charge in [-0.05, 0) is 59.1 Å². The first kappa shape index (κ1) is 16.4. The lowest BCUT2D eigenvalue weighted by Crippen LogP contribution is -2.41. The number of likely N-dealkylation sites (N-methyl/N-ethyl adjacent to an activating group) is 1. The summed E-state index contributed by atoms with van der Waals surface area (Å²) in [6.45, 7) is 4.29. The van der Waals surface area contributed by atoms with Crippen LogP contribution >= 0.6 is 0 Å².